The molecule has 17 heavy (non-hydrogen) atoms. The summed E-state index contributed by atoms with van der Waals surface area (Å²) in [6, 6.07) is -0.405. The van der Waals surface area contributed by atoms with Gasteiger partial charge in [-0.2, -0.15) is 0 Å². The maximum absolute atomic E-state index is 11.7. The van der Waals surface area contributed by atoms with E-state index < -0.39 is 16.1 Å². The fraction of sp³-hybridized carbons (Fsp3) is 0.889. The standard InChI is InChI=1S/C9H19N3O4S/c1-7(5-9(10)11-13)12-17(14,15)6-8-3-2-4-16-8/h7-8,12-13H,2-6H2,1H3,(H2,10,11). The highest BCUT2D eigenvalue weighted by molar-refractivity contribution is 7.89. The first kappa shape index (κ1) is 14.2. The Hall–Kier alpha value is -0.860. The number of ether oxygens (including phenoxy) is 1. The van der Waals surface area contributed by atoms with Crippen molar-refractivity contribution in [2.45, 2.75) is 38.3 Å². The molecule has 1 fully saturated rings. The van der Waals surface area contributed by atoms with Crippen molar-refractivity contribution in [3.63, 3.8) is 0 Å². The van der Waals surface area contributed by atoms with Crippen molar-refractivity contribution >= 4 is 15.9 Å². The third kappa shape index (κ3) is 5.33. The van der Waals surface area contributed by atoms with Gasteiger partial charge in [-0.05, 0) is 19.8 Å². The normalized spacial score (nSPS) is 23.8. The monoisotopic (exact) mass is 265 g/mol. The fourth-order valence-electron chi connectivity index (χ4n) is 1.77. The van der Waals surface area contributed by atoms with Gasteiger partial charge >= 0.3 is 0 Å². The van der Waals surface area contributed by atoms with E-state index in [4.69, 9.17) is 15.7 Å². The lowest BCUT2D eigenvalue weighted by molar-refractivity contribution is 0.127. The molecule has 0 aliphatic carbocycles. The van der Waals surface area contributed by atoms with Gasteiger partial charge < -0.3 is 15.7 Å². The molecular formula is C9H19N3O4S. The smallest absolute Gasteiger partial charge is 0.214 e. The van der Waals surface area contributed by atoms with Crippen molar-refractivity contribution in [2.24, 2.45) is 10.9 Å². The third-order valence-corrected chi connectivity index (χ3v) is 4.03. The average molecular weight is 265 g/mol. The lowest BCUT2D eigenvalue weighted by atomic mass is 10.2. The molecule has 0 aromatic carbocycles. The van der Waals surface area contributed by atoms with Crippen LogP contribution in [0.25, 0.3) is 0 Å². The molecule has 0 radical (unpaired) electrons. The highest BCUT2D eigenvalue weighted by Gasteiger charge is 2.24. The molecule has 1 heterocycles. The van der Waals surface area contributed by atoms with Crippen molar-refractivity contribution in [2.75, 3.05) is 12.4 Å². The maximum Gasteiger partial charge on any atom is 0.214 e. The van der Waals surface area contributed by atoms with Gasteiger partial charge in [0.25, 0.3) is 0 Å². The van der Waals surface area contributed by atoms with Gasteiger partial charge in [0.15, 0.2) is 0 Å². The molecule has 0 amide bonds. The molecule has 0 aromatic rings. The van der Waals surface area contributed by atoms with Crippen LogP contribution in [0.4, 0.5) is 0 Å². The van der Waals surface area contributed by atoms with E-state index in [-0.39, 0.29) is 24.1 Å². The second-order valence-corrected chi connectivity index (χ2v) is 6.03. The van der Waals surface area contributed by atoms with Gasteiger partial charge in [-0.25, -0.2) is 13.1 Å². The zero-order chi connectivity index (χ0) is 12.9. The lowest BCUT2D eigenvalue weighted by Gasteiger charge is -2.15. The minimum atomic E-state index is -3.39. The molecule has 8 heteroatoms. The molecule has 0 saturated carbocycles. The van der Waals surface area contributed by atoms with Crippen LogP contribution < -0.4 is 10.5 Å². The van der Waals surface area contributed by atoms with Crippen LogP contribution in [0.15, 0.2) is 5.16 Å². The summed E-state index contributed by atoms with van der Waals surface area (Å²) in [6.07, 6.45) is 1.62. The van der Waals surface area contributed by atoms with Crippen molar-refractivity contribution in [1.82, 2.24) is 4.72 Å². The van der Waals surface area contributed by atoms with E-state index >= 15 is 0 Å². The number of oxime groups is 1. The van der Waals surface area contributed by atoms with E-state index in [1.54, 1.807) is 6.92 Å². The quantitative estimate of drug-likeness (QED) is 0.262. The van der Waals surface area contributed by atoms with E-state index in [1.807, 2.05) is 0 Å². The molecule has 1 aliphatic rings. The Kier molecular flexibility index (Phi) is 5.16. The molecule has 0 aromatic heterocycles. The molecule has 7 nitrogen and oxygen atoms in total. The van der Waals surface area contributed by atoms with Gasteiger partial charge in [0.05, 0.1) is 11.9 Å². The summed E-state index contributed by atoms with van der Waals surface area (Å²) in [5.41, 5.74) is 5.30. The van der Waals surface area contributed by atoms with Crippen LogP contribution in [-0.2, 0) is 14.8 Å². The van der Waals surface area contributed by atoms with E-state index in [0.29, 0.717) is 6.61 Å². The molecule has 2 unspecified atom stereocenters. The summed E-state index contributed by atoms with van der Waals surface area (Å²) in [5, 5.41) is 11.2. The summed E-state index contributed by atoms with van der Waals surface area (Å²) < 4.78 is 31.2. The Morgan fingerprint density at radius 3 is 2.94 bits per heavy atom. The van der Waals surface area contributed by atoms with Gasteiger partial charge in [0.1, 0.15) is 5.84 Å². The molecule has 4 N–H and O–H groups in total. The molecular weight excluding hydrogens is 246 g/mol. The van der Waals surface area contributed by atoms with Gasteiger partial charge in [-0.1, -0.05) is 5.16 Å². The first-order chi connectivity index (χ1) is 7.93. The van der Waals surface area contributed by atoms with Crippen LogP contribution in [0, 0.1) is 0 Å². The number of nitrogens with two attached hydrogens (primary N) is 1. The van der Waals surface area contributed by atoms with E-state index in [9.17, 15) is 8.42 Å². The topological polar surface area (TPSA) is 114 Å². The highest BCUT2D eigenvalue weighted by Crippen LogP contribution is 2.13. The van der Waals surface area contributed by atoms with Crippen LogP contribution in [0.3, 0.4) is 0 Å². The van der Waals surface area contributed by atoms with E-state index in [1.165, 1.54) is 0 Å². The maximum atomic E-state index is 11.7. The summed E-state index contributed by atoms with van der Waals surface area (Å²) in [7, 11) is -3.39. The Balaban J connectivity index is 2.42. The number of amidine groups is 1. The summed E-state index contributed by atoms with van der Waals surface area (Å²) in [6.45, 7) is 2.28. The minimum Gasteiger partial charge on any atom is -0.409 e. The molecule has 1 aliphatic heterocycles. The van der Waals surface area contributed by atoms with Crippen molar-refractivity contribution in [1.29, 1.82) is 0 Å². The molecule has 0 spiro atoms. The van der Waals surface area contributed by atoms with Gasteiger partial charge in [-0.3, -0.25) is 0 Å². The molecule has 2 atom stereocenters. The van der Waals surface area contributed by atoms with Gasteiger partial charge in [0.2, 0.25) is 10.0 Å². The molecule has 1 rings (SSSR count). The predicted octanol–water partition coefficient (Wildman–Crippen LogP) is -0.390. The Labute approximate surface area is 101 Å². The second-order valence-electron chi connectivity index (χ2n) is 4.23. The molecule has 0 bridgehead atoms. The Morgan fingerprint density at radius 2 is 2.41 bits per heavy atom. The predicted molar refractivity (Wildman–Crippen MR) is 63.4 cm³/mol. The van der Waals surface area contributed by atoms with Crippen LogP contribution in [-0.4, -0.2) is 44.0 Å². The van der Waals surface area contributed by atoms with E-state index in [2.05, 4.69) is 9.88 Å². The first-order valence-corrected chi connectivity index (χ1v) is 7.16. The van der Waals surface area contributed by atoms with Crippen molar-refractivity contribution < 1.29 is 18.4 Å². The van der Waals surface area contributed by atoms with Crippen LogP contribution >= 0.6 is 0 Å². The van der Waals surface area contributed by atoms with E-state index in [0.717, 1.165) is 12.8 Å². The fourth-order valence-corrected chi connectivity index (χ4v) is 3.32. The summed E-state index contributed by atoms with van der Waals surface area (Å²) in [4.78, 5) is 0. The largest absolute Gasteiger partial charge is 0.409 e. The number of hydrogen-bond donors (Lipinski definition) is 3. The number of sulfonamides is 1. The Morgan fingerprint density at radius 1 is 1.71 bits per heavy atom. The van der Waals surface area contributed by atoms with Crippen LogP contribution in [0.2, 0.25) is 0 Å². The molecule has 1 saturated heterocycles. The highest BCUT2D eigenvalue weighted by atomic mass is 32.2. The summed E-state index contributed by atoms with van der Waals surface area (Å²) in [5.74, 6) is -0.0367. The van der Waals surface area contributed by atoms with Gasteiger partial charge in [0, 0.05) is 19.1 Å². The first-order valence-electron chi connectivity index (χ1n) is 5.51. The SMILES string of the molecule is CC(CC(N)=NO)NS(=O)(=O)CC1CCCO1. The third-order valence-electron chi connectivity index (χ3n) is 2.45. The summed E-state index contributed by atoms with van der Waals surface area (Å²) >= 11 is 0. The van der Waals surface area contributed by atoms with Crippen LogP contribution in [0.1, 0.15) is 26.2 Å². The van der Waals surface area contributed by atoms with Gasteiger partial charge in [-0.15, -0.1) is 0 Å². The second kappa shape index (κ2) is 6.18. The van der Waals surface area contributed by atoms with Crippen molar-refractivity contribution in [3.05, 3.63) is 0 Å². The zero-order valence-electron chi connectivity index (χ0n) is 9.80. The number of rotatable bonds is 6. The lowest BCUT2D eigenvalue weighted by Crippen LogP contribution is -2.39. The molecule has 100 valence electrons. The zero-order valence-corrected chi connectivity index (χ0v) is 10.6. The average Bonchev–Trinajstić information content (AvgIpc) is 2.67. The number of nitrogens with one attached hydrogen (secondary N) is 1. The van der Waals surface area contributed by atoms with Crippen LogP contribution in [0.5, 0.6) is 0 Å². The number of nitrogens with zero attached hydrogens (tertiary/aromatic N) is 1. The minimum absolute atomic E-state index is 0.00248. The Bertz CT molecular complexity index is 362. The van der Waals surface area contributed by atoms with Crippen molar-refractivity contribution in [3.8, 4) is 0 Å². The number of hydrogen-bond acceptors (Lipinski definition) is 5.